The lowest BCUT2D eigenvalue weighted by Crippen LogP contribution is -2.42. The van der Waals surface area contributed by atoms with Gasteiger partial charge in [-0.2, -0.15) is 0 Å². The van der Waals surface area contributed by atoms with Crippen molar-refractivity contribution in [1.82, 2.24) is 15.3 Å². The monoisotopic (exact) mass is 275 g/mol. The molecule has 2 fully saturated rings. The number of rotatable bonds is 4. The number of hydrogen-bond donors (Lipinski definition) is 1. The maximum absolute atomic E-state index is 6.16. The Bertz CT molecular complexity index is 417. The molecule has 1 saturated heterocycles. The van der Waals surface area contributed by atoms with E-state index in [4.69, 9.17) is 4.74 Å². The van der Waals surface area contributed by atoms with Crippen LogP contribution in [0.5, 0.6) is 0 Å². The smallest absolute Gasteiger partial charge is 0.115 e. The molecule has 0 radical (unpaired) electrons. The maximum Gasteiger partial charge on any atom is 0.115 e. The van der Waals surface area contributed by atoms with E-state index in [9.17, 15) is 0 Å². The van der Waals surface area contributed by atoms with Crippen LogP contribution in [0.1, 0.15) is 57.2 Å². The molecule has 2 unspecified atom stereocenters. The lowest BCUT2D eigenvalue weighted by molar-refractivity contribution is -0.0983. The zero-order valence-corrected chi connectivity index (χ0v) is 12.3. The fourth-order valence-electron chi connectivity index (χ4n) is 3.94. The standard InChI is InChI=1S/C16H25N3O/c1-2-18-15(14-5-9-17-12-19-14)13-6-10-20-16(11-13)7-3-4-8-16/h5,9,12-13,15,18H,2-4,6-8,10-11H2,1H3. The van der Waals surface area contributed by atoms with Crippen molar-refractivity contribution in [2.75, 3.05) is 13.2 Å². The van der Waals surface area contributed by atoms with Crippen molar-refractivity contribution in [3.05, 3.63) is 24.3 Å². The zero-order chi connectivity index (χ0) is 13.8. The molecule has 0 amide bonds. The molecule has 2 atom stereocenters. The molecule has 110 valence electrons. The Balaban J connectivity index is 1.77. The molecule has 20 heavy (non-hydrogen) atoms. The lowest BCUT2D eigenvalue weighted by atomic mass is 9.79. The Morgan fingerprint density at radius 1 is 1.45 bits per heavy atom. The highest BCUT2D eigenvalue weighted by atomic mass is 16.5. The van der Waals surface area contributed by atoms with Crippen LogP contribution in [0.2, 0.25) is 0 Å². The second-order valence-electron chi connectivity index (χ2n) is 6.16. The van der Waals surface area contributed by atoms with Crippen molar-refractivity contribution >= 4 is 0 Å². The van der Waals surface area contributed by atoms with Crippen molar-refractivity contribution in [3.63, 3.8) is 0 Å². The van der Waals surface area contributed by atoms with Crippen LogP contribution < -0.4 is 5.32 Å². The topological polar surface area (TPSA) is 47.0 Å². The van der Waals surface area contributed by atoms with Gasteiger partial charge in [0, 0.05) is 12.8 Å². The molecule has 4 nitrogen and oxygen atoms in total. The average molecular weight is 275 g/mol. The highest BCUT2D eigenvalue weighted by molar-refractivity contribution is 5.08. The predicted octanol–water partition coefficient (Wildman–Crippen LogP) is 2.87. The van der Waals surface area contributed by atoms with Crippen molar-refractivity contribution in [1.29, 1.82) is 0 Å². The quantitative estimate of drug-likeness (QED) is 0.918. The van der Waals surface area contributed by atoms with Gasteiger partial charge in [-0.25, -0.2) is 9.97 Å². The minimum Gasteiger partial charge on any atom is -0.375 e. The van der Waals surface area contributed by atoms with Gasteiger partial charge in [-0.05, 0) is 44.2 Å². The predicted molar refractivity (Wildman–Crippen MR) is 78.3 cm³/mol. The van der Waals surface area contributed by atoms with E-state index in [0.29, 0.717) is 12.0 Å². The molecule has 1 spiro atoms. The van der Waals surface area contributed by atoms with Crippen molar-refractivity contribution < 1.29 is 4.74 Å². The molecule has 1 N–H and O–H groups in total. The van der Waals surface area contributed by atoms with E-state index < -0.39 is 0 Å². The van der Waals surface area contributed by atoms with E-state index in [0.717, 1.165) is 25.3 Å². The fourth-order valence-corrected chi connectivity index (χ4v) is 3.94. The third-order valence-corrected chi connectivity index (χ3v) is 4.86. The van der Waals surface area contributed by atoms with E-state index in [-0.39, 0.29) is 5.60 Å². The van der Waals surface area contributed by atoms with Crippen molar-refractivity contribution in [2.24, 2.45) is 5.92 Å². The van der Waals surface area contributed by atoms with Gasteiger partial charge in [0.2, 0.25) is 0 Å². The van der Waals surface area contributed by atoms with Gasteiger partial charge in [-0.15, -0.1) is 0 Å². The summed E-state index contributed by atoms with van der Waals surface area (Å²) < 4.78 is 6.16. The van der Waals surface area contributed by atoms with Crippen molar-refractivity contribution in [3.8, 4) is 0 Å². The molecule has 1 saturated carbocycles. The Morgan fingerprint density at radius 2 is 2.30 bits per heavy atom. The summed E-state index contributed by atoms with van der Waals surface area (Å²) in [5.41, 5.74) is 1.30. The number of nitrogens with one attached hydrogen (secondary N) is 1. The van der Waals surface area contributed by atoms with Gasteiger partial charge in [0.25, 0.3) is 0 Å². The van der Waals surface area contributed by atoms with Crippen LogP contribution in [0.25, 0.3) is 0 Å². The number of nitrogens with zero attached hydrogens (tertiary/aromatic N) is 2. The Labute approximate surface area is 121 Å². The molecule has 1 aliphatic carbocycles. The minimum absolute atomic E-state index is 0.170. The molecule has 2 aliphatic rings. The third kappa shape index (κ3) is 2.86. The molecular formula is C16H25N3O. The molecule has 3 rings (SSSR count). The summed E-state index contributed by atoms with van der Waals surface area (Å²) >= 11 is 0. The normalized spacial score (nSPS) is 26.8. The minimum atomic E-state index is 0.170. The summed E-state index contributed by atoms with van der Waals surface area (Å²) in [5, 5.41) is 3.63. The summed E-state index contributed by atoms with van der Waals surface area (Å²) in [7, 11) is 0. The number of aromatic nitrogens is 2. The van der Waals surface area contributed by atoms with Gasteiger partial charge < -0.3 is 10.1 Å². The van der Waals surface area contributed by atoms with Gasteiger partial charge in [0.05, 0.1) is 17.3 Å². The van der Waals surface area contributed by atoms with Crippen LogP contribution >= 0.6 is 0 Å². The lowest BCUT2D eigenvalue weighted by Gasteiger charge is -2.41. The molecule has 1 aromatic rings. The van der Waals surface area contributed by atoms with Crippen LogP contribution in [-0.4, -0.2) is 28.7 Å². The summed E-state index contributed by atoms with van der Waals surface area (Å²) in [4.78, 5) is 8.51. The van der Waals surface area contributed by atoms with E-state index >= 15 is 0 Å². The Hall–Kier alpha value is -1.00. The molecule has 0 bridgehead atoms. The van der Waals surface area contributed by atoms with E-state index in [1.807, 2.05) is 12.3 Å². The van der Waals surface area contributed by atoms with Gasteiger partial charge in [0.15, 0.2) is 0 Å². The molecule has 4 heteroatoms. The molecule has 0 aromatic carbocycles. The van der Waals surface area contributed by atoms with Gasteiger partial charge >= 0.3 is 0 Å². The van der Waals surface area contributed by atoms with E-state index in [1.54, 1.807) is 6.33 Å². The highest BCUT2D eigenvalue weighted by Gasteiger charge is 2.42. The zero-order valence-electron chi connectivity index (χ0n) is 12.3. The van der Waals surface area contributed by atoms with Crippen LogP contribution in [0, 0.1) is 5.92 Å². The van der Waals surface area contributed by atoms with Gasteiger partial charge in [-0.3, -0.25) is 0 Å². The molecule has 1 aliphatic heterocycles. The number of hydrogen-bond acceptors (Lipinski definition) is 4. The van der Waals surface area contributed by atoms with Gasteiger partial charge in [-0.1, -0.05) is 19.8 Å². The first kappa shape index (κ1) is 14.0. The van der Waals surface area contributed by atoms with Crippen LogP contribution in [-0.2, 0) is 4.74 Å². The SMILES string of the molecule is CCNC(c1ccncn1)C1CCOC2(CCCC2)C1. The van der Waals surface area contributed by atoms with E-state index in [2.05, 4.69) is 22.2 Å². The van der Waals surface area contributed by atoms with Crippen molar-refractivity contribution in [2.45, 2.75) is 57.1 Å². The first-order valence-electron chi connectivity index (χ1n) is 7.96. The second-order valence-corrected chi connectivity index (χ2v) is 6.16. The molecule has 2 heterocycles. The summed E-state index contributed by atoms with van der Waals surface area (Å²) in [6.45, 7) is 4.04. The fraction of sp³-hybridized carbons (Fsp3) is 0.750. The molecular weight excluding hydrogens is 250 g/mol. The Morgan fingerprint density at radius 3 is 3.00 bits per heavy atom. The van der Waals surface area contributed by atoms with Crippen LogP contribution in [0.15, 0.2) is 18.6 Å². The first-order valence-corrected chi connectivity index (χ1v) is 7.96. The summed E-state index contributed by atoms with van der Waals surface area (Å²) in [6, 6.07) is 2.38. The van der Waals surface area contributed by atoms with E-state index in [1.165, 1.54) is 32.1 Å². The Kier molecular flexibility index (Phi) is 4.32. The van der Waals surface area contributed by atoms with Crippen LogP contribution in [0.3, 0.4) is 0 Å². The third-order valence-electron chi connectivity index (χ3n) is 4.86. The maximum atomic E-state index is 6.16. The summed E-state index contributed by atoms with van der Waals surface area (Å²) in [5.74, 6) is 0.622. The number of ether oxygens (including phenoxy) is 1. The second kappa shape index (κ2) is 6.19. The average Bonchev–Trinajstić information content (AvgIpc) is 2.93. The highest BCUT2D eigenvalue weighted by Crippen LogP contribution is 2.45. The molecule has 1 aromatic heterocycles. The first-order chi connectivity index (χ1) is 9.83. The van der Waals surface area contributed by atoms with Crippen LogP contribution in [0.4, 0.5) is 0 Å². The van der Waals surface area contributed by atoms with Gasteiger partial charge in [0.1, 0.15) is 6.33 Å². The summed E-state index contributed by atoms with van der Waals surface area (Å²) in [6.07, 6.45) is 10.9. The largest absolute Gasteiger partial charge is 0.375 e.